The number of nitrogens with one attached hydrogen (secondary N) is 2. The number of aromatic nitrogens is 1. The van der Waals surface area contributed by atoms with Gasteiger partial charge in [0.2, 0.25) is 0 Å². The van der Waals surface area contributed by atoms with E-state index < -0.39 is 0 Å². The molecule has 0 bridgehead atoms. The summed E-state index contributed by atoms with van der Waals surface area (Å²) in [5.41, 5.74) is 3.10. The molecule has 1 unspecified atom stereocenters. The summed E-state index contributed by atoms with van der Waals surface area (Å²) in [7, 11) is 0. The Labute approximate surface area is 234 Å². The van der Waals surface area contributed by atoms with Crippen LogP contribution in [0.2, 0.25) is 5.02 Å². The predicted molar refractivity (Wildman–Crippen MR) is 149 cm³/mol. The van der Waals surface area contributed by atoms with Crippen LogP contribution in [-0.4, -0.2) is 59.8 Å². The Morgan fingerprint density at radius 3 is 2.51 bits per heavy atom. The fourth-order valence-electron chi connectivity index (χ4n) is 6.33. The summed E-state index contributed by atoms with van der Waals surface area (Å²) in [6.07, 6.45) is 7.88. The number of carbonyl (C=O) groups excluding carboxylic acids is 1. The lowest BCUT2D eigenvalue weighted by molar-refractivity contribution is -0.0888. The van der Waals surface area contributed by atoms with Crippen LogP contribution in [0.25, 0.3) is 0 Å². The average molecular weight is 556 g/mol. The normalized spacial score (nSPS) is 25.3. The molecule has 1 aromatic heterocycles. The number of halogens is 1. The SMILES string of the molecule is Cc1cc(C)c(CNC(=O)c2cc(Cl)c3c(c2C)OC(C2CCC(N4CC(OC5CC5)C4)CC2)CO3)c(=O)[nH]1. The minimum Gasteiger partial charge on any atom is -0.484 e. The van der Waals surface area contributed by atoms with Gasteiger partial charge in [-0.1, -0.05) is 11.6 Å². The molecule has 2 N–H and O–H groups in total. The molecule has 1 saturated heterocycles. The molecule has 2 aromatic rings. The van der Waals surface area contributed by atoms with Crippen molar-refractivity contribution in [2.75, 3.05) is 19.7 Å². The van der Waals surface area contributed by atoms with Gasteiger partial charge in [0.05, 0.1) is 17.2 Å². The first kappa shape index (κ1) is 26.7. The number of fused-ring (bicyclic) bond motifs is 1. The van der Waals surface area contributed by atoms with Gasteiger partial charge in [-0.15, -0.1) is 0 Å². The Morgan fingerprint density at radius 1 is 1.08 bits per heavy atom. The lowest BCUT2D eigenvalue weighted by atomic mass is 9.81. The summed E-state index contributed by atoms with van der Waals surface area (Å²) >= 11 is 6.55. The van der Waals surface area contributed by atoms with Crippen molar-refractivity contribution in [3.63, 3.8) is 0 Å². The maximum Gasteiger partial charge on any atom is 0.253 e. The largest absolute Gasteiger partial charge is 0.484 e. The highest BCUT2D eigenvalue weighted by Gasteiger charge is 2.40. The number of nitrogens with zero attached hydrogens (tertiary/aromatic N) is 1. The number of hydrogen-bond donors (Lipinski definition) is 2. The van der Waals surface area contributed by atoms with Crippen molar-refractivity contribution in [1.29, 1.82) is 0 Å². The Kier molecular flexibility index (Phi) is 7.37. The van der Waals surface area contributed by atoms with Crippen molar-refractivity contribution < 1.29 is 19.0 Å². The van der Waals surface area contributed by atoms with Gasteiger partial charge in [0.25, 0.3) is 11.5 Å². The van der Waals surface area contributed by atoms with Crippen molar-refractivity contribution >= 4 is 17.5 Å². The third-order valence-electron chi connectivity index (χ3n) is 8.83. The molecule has 3 fully saturated rings. The van der Waals surface area contributed by atoms with Crippen molar-refractivity contribution in [2.45, 2.75) is 90.2 Å². The van der Waals surface area contributed by atoms with Gasteiger partial charge >= 0.3 is 0 Å². The van der Waals surface area contributed by atoms with Crippen molar-refractivity contribution in [1.82, 2.24) is 15.2 Å². The molecule has 0 spiro atoms. The second-order valence-corrected chi connectivity index (χ2v) is 12.2. The van der Waals surface area contributed by atoms with Gasteiger partial charge in [-0.25, -0.2) is 0 Å². The van der Waals surface area contributed by atoms with Crippen LogP contribution in [0.4, 0.5) is 0 Å². The number of ether oxygens (including phenoxy) is 3. The van der Waals surface area contributed by atoms with Crippen molar-refractivity contribution in [3.8, 4) is 11.5 Å². The molecule has 4 aliphatic rings. The van der Waals surface area contributed by atoms with E-state index >= 15 is 0 Å². The lowest BCUT2D eigenvalue weighted by Gasteiger charge is -2.47. The highest BCUT2D eigenvalue weighted by atomic mass is 35.5. The zero-order valence-electron chi connectivity index (χ0n) is 23.0. The Balaban J connectivity index is 1.08. The fourth-order valence-corrected chi connectivity index (χ4v) is 6.58. The van der Waals surface area contributed by atoms with Gasteiger partial charge in [0.15, 0.2) is 11.5 Å². The number of rotatable bonds is 7. The average Bonchev–Trinajstić information content (AvgIpc) is 3.71. The summed E-state index contributed by atoms with van der Waals surface area (Å²) in [6, 6.07) is 4.15. The maximum absolute atomic E-state index is 13.2. The van der Waals surface area contributed by atoms with E-state index in [1.54, 1.807) is 6.07 Å². The zero-order valence-corrected chi connectivity index (χ0v) is 23.7. The van der Waals surface area contributed by atoms with E-state index in [0.29, 0.717) is 64.0 Å². The van der Waals surface area contributed by atoms with E-state index in [1.165, 1.54) is 12.8 Å². The summed E-state index contributed by atoms with van der Waals surface area (Å²) in [5.74, 6) is 1.16. The third-order valence-corrected chi connectivity index (χ3v) is 9.11. The van der Waals surface area contributed by atoms with Crippen LogP contribution < -0.4 is 20.3 Å². The van der Waals surface area contributed by atoms with Crippen LogP contribution in [0.3, 0.4) is 0 Å². The molecular formula is C30H38ClN3O5. The van der Waals surface area contributed by atoms with E-state index in [9.17, 15) is 9.59 Å². The van der Waals surface area contributed by atoms with Gasteiger partial charge < -0.3 is 24.5 Å². The summed E-state index contributed by atoms with van der Waals surface area (Å²) in [5, 5.41) is 3.24. The molecular weight excluding hydrogens is 518 g/mol. The number of carbonyl (C=O) groups is 1. The Hall–Kier alpha value is -2.55. The van der Waals surface area contributed by atoms with Crippen LogP contribution in [-0.2, 0) is 11.3 Å². The number of amides is 1. The summed E-state index contributed by atoms with van der Waals surface area (Å²) < 4.78 is 18.7. The molecule has 1 amide bonds. The topological polar surface area (TPSA) is 92.9 Å². The molecule has 1 atom stereocenters. The Morgan fingerprint density at radius 2 is 1.82 bits per heavy atom. The molecule has 0 radical (unpaired) electrons. The monoisotopic (exact) mass is 555 g/mol. The highest BCUT2D eigenvalue weighted by Crippen LogP contribution is 2.45. The van der Waals surface area contributed by atoms with Gasteiger partial charge in [-0.05, 0) is 82.9 Å². The first-order valence-electron chi connectivity index (χ1n) is 14.3. The molecule has 2 aliphatic carbocycles. The molecule has 2 aliphatic heterocycles. The quantitative estimate of drug-likeness (QED) is 0.524. The van der Waals surface area contributed by atoms with E-state index in [0.717, 1.165) is 50.0 Å². The first-order valence-corrected chi connectivity index (χ1v) is 14.6. The van der Waals surface area contributed by atoms with E-state index in [1.807, 2.05) is 26.8 Å². The minimum atomic E-state index is -0.304. The summed E-state index contributed by atoms with van der Waals surface area (Å²) in [4.78, 5) is 30.9. The molecule has 3 heterocycles. The van der Waals surface area contributed by atoms with E-state index in [-0.39, 0.29) is 24.1 Å². The zero-order chi connectivity index (χ0) is 27.3. The molecule has 6 rings (SSSR count). The van der Waals surface area contributed by atoms with Crippen molar-refractivity contribution in [3.05, 3.63) is 55.5 Å². The molecule has 39 heavy (non-hydrogen) atoms. The summed E-state index contributed by atoms with van der Waals surface area (Å²) in [6.45, 7) is 8.30. The second kappa shape index (κ2) is 10.8. The fraction of sp³-hybridized carbons (Fsp3) is 0.600. The second-order valence-electron chi connectivity index (χ2n) is 11.8. The first-order chi connectivity index (χ1) is 18.8. The molecule has 9 heteroatoms. The lowest BCUT2D eigenvalue weighted by Crippen LogP contribution is -2.57. The van der Waals surface area contributed by atoms with E-state index in [2.05, 4.69) is 15.2 Å². The van der Waals surface area contributed by atoms with Crippen LogP contribution in [0.15, 0.2) is 16.9 Å². The number of hydrogen-bond acceptors (Lipinski definition) is 6. The standard InChI is InChI=1S/C30H38ClN3O5/c1-16-10-17(2)33-30(36)24(16)12-32-29(35)23-11-25(31)28-27(18(23)3)39-26(15-37-28)19-4-6-20(7-5-19)34-13-22(14-34)38-21-8-9-21/h10-11,19-22,26H,4-9,12-15H2,1-3H3,(H,32,35)(H,33,36). The van der Waals surface area contributed by atoms with Gasteiger partial charge in [0.1, 0.15) is 12.7 Å². The number of H-pyrrole nitrogens is 1. The number of aryl methyl sites for hydroxylation is 2. The highest BCUT2D eigenvalue weighted by molar-refractivity contribution is 6.32. The van der Waals surface area contributed by atoms with E-state index in [4.69, 9.17) is 25.8 Å². The van der Waals surface area contributed by atoms with Crippen LogP contribution in [0, 0.1) is 26.7 Å². The molecule has 2 saturated carbocycles. The predicted octanol–water partition coefficient (Wildman–Crippen LogP) is 4.45. The maximum atomic E-state index is 13.2. The number of likely N-dealkylation sites (tertiary alicyclic amines) is 1. The smallest absolute Gasteiger partial charge is 0.253 e. The Bertz CT molecular complexity index is 1310. The molecule has 1 aromatic carbocycles. The van der Waals surface area contributed by atoms with Crippen LogP contribution in [0.1, 0.15) is 71.3 Å². The van der Waals surface area contributed by atoms with Crippen LogP contribution in [0.5, 0.6) is 11.5 Å². The van der Waals surface area contributed by atoms with Gasteiger partial charge in [-0.2, -0.15) is 0 Å². The number of aromatic amines is 1. The number of pyridine rings is 1. The number of benzene rings is 1. The van der Waals surface area contributed by atoms with Crippen molar-refractivity contribution in [2.24, 2.45) is 5.92 Å². The third kappa shape index (κ3) is 5.56. The van der Waals surface area contributed by atoms with Gasteiger partial charge in [-0.3, -0.25) is 14.5 Å². The minimum absolute atomic E-state index is 0.0670. The molecule has 210 valence electrons. The molecule has 8 nitrogen and oxygen atoms in total. The van der Waals surface area contributed by atoms with Crippen LogP contribution >= 0.6 is 11.6 Å². The van der Waals surface area contributed by atoms with Gasteiger partial charge in [0, 0.05) is 48.1 Å².